The highest BCUT2D eigenvalue weighted by molar-refractivity contribution is 5.81. The molecule has 2 atom stereocenters. The fraction of sp³-hybridized carbons (Fsp3) is 0.667. The summed E-state index contributed by atoms with van der Waals surface area (Å²) in [7, 11) is 0. The maximum absolute atomic E-state index is 10.8. The minimum atomic E-state index is -0.435. The Labute approximate surface area is 73.0 Å². The first-order valence-electron chi connectivity index (χ1n) is 4.11. The van der Waals surface area contributed by atoms with Crippen LogP contribution in [0.4, 0.5) is 0 Å². The van der Waals surface area contributed by atoms with E-state index >= 15 is 0 Å². The third-order valence-corrected chi connectivity index (χ3v) is 1.58. The van der Waals surface area contributed by atoms with E-state index < -0.39 is 6.10 Å². The molecule has 0 aliphatic carbocycles. The van der Waals surface area contributed by atoms with Gasteiger partial charge in [-0.1, -0.05) is 13.0 Å². The van der Waals surface area contributed by atoms with Gasteiger partial charge in [0.25, 0.3) is 0 Å². The average molecular weight is 172 g/mol. The SMILES string of the molecule is CCOC(=O)/C=C/[C@H](C)[C@H](C)O. The van der Waals surface area contributed by atoms with Gasteiger partial charge in [-0.2, -0.15) is 0 Å². The number of aliphatic hydroxyl groups is 1. The van der Waals surface area contributed by atoms with Gasteiger partial charge in [0.1, 0.15) is 0 Å². The number of carbonyl (C=O) groups excluding carboxylic acids is 1. The highest BCUT2D eigenvalue weighted by Gasteiger charge is 2.04. The second-order valence-electron chi connectivity index (χ2n) is 2.71. The fourth-order valence-electron chi connectivity index (χ4n) is 0.582. The molecule has 0 rings (SSSR count). The molecule has 0 saturated carbocycles. The third kappa shape index (κ3) is 4.91. The summed E-state index contributed by atoms with van der Waals surface area (Å²) < 4.78 is 4.66. The van der Waals surface area contributed by atoms with Gasteiger partial charge in [0.15, 0.2) is 0 Å². The average Bonchev–Trinajstić information content (AvgIpc) is 2.00. The van der Waals surface area contributed by atoms with E-state index in [4.69, 9.17) is 5.11 Å². The molecule has 0 fully saturated rings. The van der Waals surface area contributed by atoms with Crippen LogP contribution < -0.4 is 0 Å². The maximum atomic E-state index is 10.8. The molecule has 1 N–H and O–H groups in total. The van der Waals surface area contributed by atoms with E-state index in [0.717, 1.165) is 0 Å². The highest BCUT2D eigenvalue weighted by atomic mass is 16.5. The van der Waals surface area contributed by atoms with Crippen molar-refractivity contribution in [3.63, 3.8) is 0 Å². The number of hydrogen-bond acceptors (Lipinski definition) is 3. The molecular formula is C9H16O3. The van der Waals surface area contributed by atoms with Crippen LogP contribution in [0, 0.1) is 5.92 Å². The summed E-state index contributed by atoms with van der Waals surface area (Å²) in [5.74, 6) is -0.376. The van der Waals surface area contributed by atoms with Crippen LogP contribution in [0.15, 0.2) is 12.2 Å². The number of aliphatic hydroxyl groups excluding tert-OH is 1. The summed E-state index contributed by atoms with van der Waals surface area (Å²) in [5, 5.41) is 9.06. The molecule has 0 spiro atoms. The first-order chi connectivity index (χ1) is 5.57. The van der Waals surface area contributed by atoms with E-state index in [2.05, 4.69) is 4.74 Å². The highest BCUT2D eigenvalue weighted by Crippen LogP contribution is 2.03. The number of carbonyl (C=O) groups is 1. The second-order valence-corrected chi connectivity index (χ2v) is 2.71. The molecule has 0 saturated heterocycles. The van der Waals surface area contributed by atoms with Crippen LogP contribution in [0.3, 0.4) is 0 Å². The molecule has 0 aliphatic heterocycles. The van der Waals surface area contributed by atoms with Gasteiger partial charge in [0.2, 0.25) is 0 Å². The third-order valence-electron chi connectivity index (χ3n) is 1.58. The Hall–Kier alpha value is -0.830. The molecule has 0 aromatic carbocycles. The van der Waals surface area contributed by atoms with Crippen molar-refractivity contribution in [1.29, 1.82) is 0 Å². The molecule has 0 radical (unpaired) electrons. The number of ether oxygens (including phenoxy) is 1. The summed E-state index contributed by atoms with van der Waals surface area (Å²) in [6.07, 6.45) is 2.56. The van der Waals surface area contributed by atoms with Gasteiger partial charge in [-0.05, 0) is 13.8 Å². The number of rotatable bonds is 4. The summed E-state index contributed by atoms with van der Waals surface area (Å²) in [4.78, 5) is 10.8. The second kappa shape index (κ2) is 5.77. The van der Waals surface area contributed by atoms with Crippen molar-refractivity contribution in [2.75, 3.05) is 6.61 Å². The minimum absolute atomic E-state index is 0.0191. The van der Waals surface area contributed by atoms with Crippen LogP contribution in [0.2, 0.25) is 0 Å². The van der Waals surface area contributed by atoms with Crippen molar-refractivity contribution in [1.82, 2.24) is 0 Å². The largest absolute Gasteiger partial charge is 0.463 e. The van der Waals surface area contributed by atoms with Crippen LogP contribution in [0.25, 0.3) is 0 Å². The van der Waals surface area contributed by atoms with Crippen molar-refractivity contribution in [2.24, 2.45) is 5.92 Å². The van der Waals surface area contributed by atoms with E-state index in [0.29, 0.717) is 6.61 Å². The van der Waals surface area contributed by atoms with E-state index in [1.807, 2.05) is 6.92 Å². The molecular weight excluding hydrogens is 156 g/mol. The van der Waals surface area contributed by atoms with Crippen LogP contribution in [-0.2, 0) is 9.53 Å². The molecule has 0 aromatic rings. The van der Waals surface area contributed by atoms with Gasteiger partial charge >= 0.3 is 5.97 Å². The lowest BCUT2D eigenvalue weighted by molar-refractivity contribution is -0.137. The fourth-order valence-corrected chi connectivity index (χ4v) is 0.582. The van der Waals surface area contributed by atoms with Gasteiger partial charge in [-0.25, -0.2) is 4.79 Å². The first kappa shape index (κ1) is 11.2. The van der Waals surface area contributed by atoms with Crippen LogP contribution in [0.5, 0.6) is 0 Å². The first-order valence-corrected chi connectivity index (χ1v) is 4.11. The molecule has 0 heterocycles. The zero-order chi connectivity index (χ0) is 9.56. The van der Waals surface area contributed by atoms with Gasteiger partial charge in [-0.3, -0.25) is 0 Å². The Balaban J connectivity index is 3.81. The van der Waals surface area contributed by atoms with Crippen molar-refractivity contribution in [3.05, 3.63) is 12.2 Å². The Bertz CT molecular complexity index is 161. The molecule has 0 unspecified atom stereocenters. The van der Waals surface area contributed by atoms with Crippen LogP contribution in [0.1, 0.15) is 20.8 Å². The van der Waals surface area contributed by atoms with Crippen molar-refractivity contribution in [3.8, 4) is 0 Å². The molecule has 0 aliphatic rings. The quantitative estimate of drug-likeness (QED) is 0.510. The van der Waals surface area contributed by atoms with Crippen LogP contribution >= 0.6 is 0 Å². The lowest BCUT2D eigenvalue weighted by Crippen LogP contribution is -2.11. The Morgan fingerprint density at radius 1 is 1.58 bits per heavy atom. The van der Waals surface area contributed by atoms with E-state index in [9.17, 15) is 4.79 Å². The lowest BCUT2D eigenvalue weighted by atomic mass is 10.1. The van der Waals surface area contributed by atoms with E-state index in [-0.39, 0.29) is 11.9 Å². The van der Waals surface area contributed by atoms with Gasteiger partial charge in [-0.15, -0.1) is 0 Å². The minimum Gasteiger partial charge on any atom is -0.463 e. The summed E-state index contributed by atoms with van der Waals surface area (Å²) in [6.45, 7) is 5.65. The molecule has 0 bridgehead atoms. The monoisotopic (exact) mass is 172 g/mol. The lowest BCUT2D eigenvalue weighted by Gasteiger charge is -2.07. The number of esters is 1. The zero-order valence-electron chi connectivity index (χ0n) is 7.78. The predicted octanol–water partition coefficient (Wildman–Crippen LogP) is 1.12. The Morgan fingerprint density at radius 2 is 2.17 bits per heavy atom. The zero-order valence-corrected chi connectivity index (χ0v) is 7.78. The van der Waals surface area contributed by atoms with E-state index in [1.165, 1.54) is 6.08 Å². The molecule has 3 heteroatoms. The summed E-state index contributed by atoms with van der Waals surface area (Å²) in [6, 6.07) is 0. The van der Waals surface area contributed by atoms with E-state index in [1.54, 1.807) is 19.9 Å². The molecule has 70 valence electrons. The standard InChI is InChI=1S/C9H16O3/c1-4-12-9(11)6-5-7(2)8(3)10/h5-8,10H,4H2,1-3H3/b6-5+/t7-,8-/m0/s1. The molecule has 0 amide bonds. The van der Waals surface area contributed by atoms with Gasteiger partial charge < -0.3 is 9.84 Å². The van der Waals surface area contributed by atoms with Crippen LogP contribution in [-0.4, -0.2) is 23.8 Å². The topological polar surface area (TPSA) is 46.5 Å². The van der Waals surface area contributed by atoms with Gasteiger partial charge in [0.05, 0.1) is 12.7 Å². The van der Waals surface area contributed by atoms with Gasteiger partial charge in [0, 0.05) is 12.0 Å². The smallest absolute Gasteiger partial charge is 0.330 e. The van der Waals surface area contributed by atoms with Crippen molar-refractivity contribution < 1.29 is 14.6 Å². The Kier molecular flexibility index (Phi) is 5.37. The van der Waals surface area contributed by atoms with Crippen molar-refractivity contribution >= 4 is 5.97 Å². The molecule has 0 aromatic heterocycles. The van der Waals surface area contributed by atoms with Crippen molar-refractivity contribution in [2.45, 2.75) is 26.9 Å². The summed E-state index contributed by atoms with van der Waals surface area (Å²) >= 11 is 0. The summed E-state index contributed by atoms with van der Waals surface area (Å²) in [5.41, 5.74) is 0. The molecule has 12 heavy (non-hydrogen) atoms. The Morgan fingerprint density at radius 3 is 2.58 bits per heavy atom. The number of hydrogen-bond donors (Lipinski definition) is 1. The normalized spacial score (nSPS) is 16.0. The predicted molar refractivity (Wildman–Crippen MR) is 46.6 cm³/mol. The molecule has 3 nitrogen and oxygen atoms in total. The maximum Gasteiger partial charge on any atom is 0.330 e.